The molecular formula is C19H29N3O3S. The van der Waals surface area contributed by atoms with Gasteiger partial charge in [-0.3, -0.25) is 0 Å². The molecule has 1 aliphatic carbocycles. The molecule has 0 bridgehead atoms. The molecule has 26 heavy (non-hydrogen) atoms. The van der Waals surface area contributed by atoms with E-state index in [0.29, 0.717) is 32.4 Å². The zero-order valence-electron chi connectivity index (χ0n) is 15.5. The summed E-state index contributed by atoms with van der Waals surface area (Å²) in [6.45, 7) is 2.99. The number of anilines is 1. The van der Waals surface area contributed by atoms with Crippen molar-refractivity contribution >= 4 is 21.7 Å². The molecule has 0 spiro atoms. The van der Waals surface area contributed by atoms with Crippen molar-refractivity contribution in [1.82, 2.24) is 9.62 Å². The van der Waals surface area contributed by atoms with Crippen molar-refractivity contribution < 1.29 is 13.2 Å². The Morgan fingerprint density at radius 3 is 2.65 bits per heavy atom. The second kappa shape index (κ2) is 8.39. The number of benzene rings is 1. The van der Waals surface area contributed by atoms with Crippen molar-refractivity contribution in [1.29, 1.82) is 0 Å². The van der Waals surface area contributed by atoms with Gasteiger partial charge in [-0.2, -0.15) is 0 Å². The number of hydrogen-bond acceptors (Lipinski definition) is 3. The molecule has 0 saturated carbocycles. The first-order valence-corrected chi connectivity index (χ1v) is 11.3. The fourth-order valence-corrected chi connectivity index (χ4v) is 5.27. The van der Waals surface area contributed by atoms with Gasteiger partial charge in [0.2, 0.25) is 10.0 Å². The molecular weight excluding hydrogens is 350 g/mol. The molecule has 2 amide bonds. The maximum atomic E-state index is 12.6. The van der Waals surface area contributed by atoms with Gasteiger partial charge in [0.05, 0.1) is 5.75 Å². The molecule has 7 heteroatoms. The maximum Gasteiger partial charge on any atom is 0.321 e. The van der Waals surface area contributed by atoms with E-state index in [0.717, 1.165) is 18.5 Å². The van der Waals surface area contributed by atoms with Gasteiger partial charge in [0, 0.05) is 24.8 Å². The van der Waals surface area contributed by atoms with Crippen LogP contribution < -0.4 is 10.0 Å². The summed E-state index contributed by atoms with van der Waals surface area (Å²) in [5.41, 5.74) is 3.55. The number of urea groups is 1. The lowest BCUT2D eigenvalue weighted by Gasteiger charge is -2.32. The van der Waals surface area contributed by atoms with Gasteiger partial charge in [0.1, 0.15) is 0 Å². The number of carbonyl (C=O) groups excluding carboxylic acids is 1. The summed E-state index contributed by atoms with van der Waals surface area (Å²) in [6, 6.07) is 5.99. The van der Waals surface area contributed by atoms with Crippen molar-refractivity contribution in [3.05, 3.63) is 29.3 Å². The minimum atomic E-state index is -3.20. The number of rotatable bonds is 5. The number of nitrogens with one attached hydrogen (secondary N) is 2. The first-order valence-electron chi connectivity index (χ1n) is 9.65. The van der Waals surface area contributed by atoms with Gasteiger partial charge in [0.25, 0.3) is 0 Å². The summed E-state index contributed by atoms with van der Waals surface area (Å²) in [5, 5.41) is 3.07. The highest BCUT2D eigenvalue weighted by Gasteiger charge is 2.26. The van der Waals surface area contributed by atoms with Crippen LogP contribution in [0.2, 0.25) is 0 Å². The number of piperidine rings is 1. The molecule has 1 aliphatic heterocycles. The molecule has 1 aromatic carbocycles. The number of sulfonamides is 1. The van der Waals surface area contributed by atoms with Crippen LogP contribution in [0.25, 0.3) is 0 Å². The molecule has 0 atom stereocenters. The van der Waals surface area contributed by atoms with Crippen LogP contribution in [-0.2, 0) is 22.9 Å². The smallest absolute Gasteiger partial charge is 0.321 e. The number of fused-ring (bicyclic) bond motifs is 1. The lowest BCUT2D eigenvalue weighted by molar-refractivity contribution is 0.193. The number of nitrogens with zero attached hydrogens (tertiary/aromatic N) is 1. The van der Waals surface area contributed by atoms with E-state index >= 15 is 0 Å². The predicted octanol–water partition coefficient (Wildman–Crippen LogP) is 2.89. The molecule has 3 rings (SSSR count). The highest BCUT2D eigenvalue weighted by atomic mass is 32.2. The van der Waals surface area contributed by atoms with Gasteiger partial charge in [0.15, 0.2) is 0 Å². The van der Waals surface area contributed by atoms with Crippen molar-refractivity contribution in [2.24, 2.45) is 0 Å². The topological polar surface area (TPSA) is 78.5 Å². The van der Waals surface area contributed by atoms with E-state index < -0.39 is 10.0 Å². The zero-order valence-corrected chi connectivity index (χ0v) is 16.3. The summed E-state index contributed by atoms with van der Waals surface area (Å²) in [4.78, 5) is 14.4. The quantitative estimate of drug-likeness (QED) is 0.826. The molecule has 1 aromatic rings. The van der Waals surface area contributed by atoms with Crippen LogP contribution in [0.5, 0.6) is 0 Å². The molecule has 0 aromatic heterocycles. The van der Waals surface area contributed by atoms with E-state index in [1.165, 1.54) is 24.0 Å². The van der Waals surface area contributed by atoms with Crippen molar-refractivity contribution in [2.45, 2.75) is 57.9 Å². The number of carbonyl (C=O) groups is 1. The molecule has 2 aliphatic rings. The number of aryl methyl sites for hydroxylation is 1. The molecule has 144 valence electrons. The summed E-state index contributed by atoms with van der Waals surface area (Å²) in [6.07, 6.45) is 6.41. The van der Waals surface area contributed by atoms with Crippen molar-refractivity contribution in [3.63, 3.8) is 0 Å². The molecule has 2 N–H and O–H groups in total. The Morgan fingerprint density at radius 2 is 1.92 bits per heavy atom. The third kappa shape index (κ3) is 4.76. The molecule has 0 radical (unpaired) electrons. The second-order valence-electron chi connectivity index (χ2n) is 7.28. The van der Waals surface area contributed by atoms with E-state index in [-0.39, 0.29) is 17.8 Å². The Labute approximate surface area is 156 Å². The van der Waals surface area contributed by atoms with Crippen molar-refractivity contribution in [2.75, 3.05) is 24.2 Å². The summed E-state index contributed by atoms with van der Waals surface area (Å²) >= 11 is 0. The Balaban J connectivity index is 1.55. The van der Waals surface area contributed by atoms with Gasteiger partial charge < -0.3 is 10.2 Å². The standard InChI is InChI=1S/C19H29N3O3S/c1-2-14-26(24,25)21-16-10-12-22(13-11-16)19(23)20-18-9-5-7-15-6-3-4-8-17(15)18/h5,7,9,16,21H,2-4,6,8,10-14H2,1H3,(H,20,23). The molecule has 1 saturated heterocycles. The van der Waals surface area contributed by atoms with Gasteiger partial charge in [-0.25, -0.2) is 17.9 Å². The largest absolute Gasteiger partial charge is 0.324 e. The van der Waals surface area contributed by atoms with Gasteiger partial charge in [-0.1, -0.05) is 19.1 Å². The van der Waals surface area contributed by atoms with Gasteiger partial charge in [-0.05, 0) is 62.1 Å². The van der Waals surface area contributed by atoms with E-state index in [2.05, 4.69) is 16.1 Å². The SMILES string of the molecule is CCCS(=O)(=O)NC1CCN(C(=O)Nc2cccc3c2CCCC3)CC1. The molecule has 1 fully saturated rings. The lowest BCUT2D eigenvalue weighted by Crippen LogP contribution is -2.48. The predicted molar refractivity (Wildman–Crippen MR) is 104 cm³/mol. The third-order valence-corrected chi connectivity index (χ3v) is 6.88. The Hall–Kier alpha value is -1.60. The number of amides is 2. The Bertz CT molecular complexity index is 740. The zero-order chi connectivity index (χ0) is 18.6. The lowest BCUT2D eigenvalue weighted by atomic mass is 9.90. The monoisotopic (exact) mass is 379 g/mol. The molecule has 1 heterocycles. The average molecular weight is 380 g/mol. The summed E-state index contributed by atoms with van der Waals surface area (Å²) < 4.78 is 26.5. The second-order valence-corrected chi connectivity index (χ2v) is 9.15. The van der Waals surface area contributed by atoms with Crippen LogP contribution in [-0.4, -0.2) is 44.2 Å². The number of likely N-dealkylation sites (tertiary alicyclic amines) is 1. The Morgan fingerprint density at radius 1 is 1.19 bits per heavy atom. The minimum Gasteiger partial charge on any atom is -0.324 e. The fraction of sp³-hybridized carbons (Fsp3) is 0.632. The van der Waals surface area contributed by atoms with E-state index in [4.69, 9.17) is 0 Å². The molecule has 6 nitrogen and oxygen atoms in total. The highest BCUT2D eigenvalue weighted by Crippen LogP contribution is 2.28. The number of hydrogen-bond donors (Lipinski definition) is 2. The van der Waals surface area contributed by atoms with Crippen LogP contribution >= 0.6 is 0 Å². The van der Waals surface area contributed by atoms with E-state index in [1.54, 1.807) is 4.90 Å². The first-order chi connectivity index (χ1) is 12.5. The van der Waals surface area contributed by atoms with Crippen LogP contribution in [0.15, 0.2) is 18.2 Å². The van der Waals surface area contributed by atoms with E-state index in [9.17, 15) is 13.2 Å². The minimum absolute atomic E-state index is 0.0694. The van der Waals surface area contributed by atoms with Crippen LogP contribution in [0.4, 0.5) is 10.5 Å². The van der Waals surface area contributed by atoms with Gasteiger partial charge in [-0.15, -0.1) is 0 Å². The average Bonchev–Trinajstić information content (AvgIpc) is 2.62. The molecule has 0 unspecified atom stereocenters. The third-order valence-electron chi connectivity index (χ3n) is 5.24. The summed E-state index contributed by atoms with van der Waals surface area (Å²) in [5.74, 6) is 0.160. The van der Waals surface area contributed by atoms with Crippen LogP contribution in [0, 0.1) is 0 Å². The maximum absolute atomic E-state index is 12.6. The normalized spacial score (nSPS) is 18.4. The Kier molecular flexibility index (Phi) is 6.19. The fourth-order valence-electron chi connectivity index (χ4n) is 3.87. The van der Waals surface area contributed by atoms with Crippen LogP contribution in [0.1, 0.15) is 50.2 Å². The van der Waals surface area contributed by atoms with Gasteiger partial charge >= 0.3 is 6.03 Å². The first kappa shape index (κ1) is 19.2. The van der Waals surface area contributed by atoms with Crippen LogP contribution in [0.3, 0.4) is 0 Å². The van der Waals surface area contributed by atoms with Crippen molar-refractivity contribution in [3.8, 4) is 0 Å². The van der Waals surface area contributed by atoms with E-state index in [1.807, 2.05) is 19.1 Å². The summed E-state index contributed by atoms with van der Waals surface area (Å²) in [7, 11) is -3.20. The highest BCUT2D eigenvalue weighted by molar-refractivity contribution is 7.89.